The second-order valence-corrected chi connectivity index (χ2v) is 7.94. The van der Waals surface area contributed by atoms with Crippen LogP contribution in [0.2, 0.25) is 0 Å². The maximum absolute atomic E-state index is 12.7. The highest BCUT2D eigenvalue weighted by Crippen LogP contribution is 2.36. The van der Waals surface area contributed by atoms with Crippen LogP contribution in [0.4, 0.5) is 5.69 Å². The Morgan fingerprint density at radius 2 is 2.10 bits per heavy atom. The molecule has 2 aromatic carbocycles. The molecule has 1 unspecified atom stereocenters. The Labute approximate surface area is 180 Å². The molecule has 156 valence electrons. The van der Waals surface area contributed by atoms with Crippen LogP contribution in [0.15, 0.2) is 67.1 Å². The summed E-state index contributed by atoms with van der Waals surface area (Å²) >= 11 is 0. The van der Waals surface area contributed by atoms with Gasteiger partial charge in [-0.2, -0.15) is 0 Å². The zero-order valence-corrected chi connectivity index (χ0v) is 17.4. The number of amides is 1. The molecule has 2 aromatic heterocycles. The summed E-state index contributed by atoms with van der Waals surface area (Å²) in [4.78, 5) is 21.5. The van der Waals surface area contributed by atoms with Gasteiger partial charge in [0.1, 0.15) is 5.75 Å². The third-order valence-corrected chi connectivity index (χ3v) is 5.92. The molecular formula is C25H24N4O2. The highest BCUT2D eigenvalue weighted by atomic mass is 16.5. The Balaban J connectivity index is 1.26. The molecule has 0 fully saturated rings. The van der Waals surface area contributed by atoms with Gasteiger partial charge in [0.15, 0.2) is 0 Å². The molecule has 1 N–H and O–H groups in total. The van der Waals surface area contributed by atoms with E-state index < -0.39 is 0 Å². The van der Waals surface area contributed by atoms with Crippen molar-refractivity contribution in [1.82, 2.24) is 14.4 Å². The Morgan fingerprint density at radius 1 is 1.23 bits per heavy atom. The number of imidazole rings is 1. The number of rotatable bonds is 5. The van der Waals surface area contributed by atoms with Crippen LogP contribution in [0.3, 0.4) is 0 Å². The van der Waals surface area contributed by atoms with Crippen molar-refractivity contribution in [2.75, 3.05) is 12.4 Å². The van der Waals surface area contributed by atoms with Crippen LogP contribution in [-0.2, 0) is 11.2 Å². The SMILES string of the molecule is COc1ccc2c(c1)CCCC2CC(=O)Nc1ccc(-c2cn3cccnc3n2)cc1. The third kappa shape index (κ3) is 4.01. The number of aryl methyl sites for hydroxylation is 1. The van der Waals surface area contributed by atoms with Crippen LogP contribution in [0.1, 0.15) is 36.3 Å². The van der Waals surface area contributed by atoms with Gasteiger partial charge in [-0.3, -0.25) is 9.20 Å². The number of ether oxygens (including phenoxy) is 1. The van der Waals surface area contributed by atoms with E-state index in [1.54, 1.807) is 13.3 Å². The fourth-order valence-electron chi connectivity index (χ4n) is 4.36. The van der Waals surface area contributed by atoms with E-state index in [4.69, 9.17) is 4.74 Å². The number of aromatic nitrogens is 3. The lowest BCUT2D eigenvalue weighted by Gasteiger charge is -2.25. The molecule has 1 amide bonds. The van der Waals surface area contributed by atoms with Gasteiger partial charge in [0.2, 0.25) is 11.7 Å². The van der Waals surface area contributed by atoms with E-state index in [0.29, 0.717) is 12.2 Å². The highest BCUT2D eigenvalue weighted by Gasteiger charge is 2.23. The first kappa shape index (κ1) is 19.3. The van der Waals surface area contributed by atoms with Gasteiger partial charge < -0.3 is 10.1 Å². The number of methoxy groups -OCH3 is 1. The molecule has 6 heteroatoms. The number of carbonyl (C=O) groups excluding carboxylic acids is 1. The van der Waals surface area contributed by atoms with E-state index in [1.807, 2.05) is 53.2 Å². The summed E-state index contributed by atoms with van der Waals surface area (Å²) in [7, 11) is 1.69. The Kier molecular flexibility index (Phi) is 5.12. The standard InChI is InChI=1S/C25H24N4O2/c1-31-21-10-11-22-18(14-21)4-2-5-19(22)15-24(30)27-20-8-6-17(7-9-20)23-16-29-13-3-12-26-25(29)28-23/h3,6-14,16,19H,2,4-5,15H2,1H3,(H,27,30). The van der Waals surface area contributed by atoms with Gasteiger partial charge >= 0.3 is 0 Å². The van der Waals surface area contributed by atoms with Gasteiger partial charge in [-0.1, -0.05) is 18.2 Å². The number of carbonyl (C=O) groups is 1. The molecule has 0 saturated carbocycles. The molecule has 0 saturated heterocycles. The molecule has 0 spiro atoms. The van der Waals surface area contributed by atoms with Gasteiger partial charge in [-0.25, -0.2) is 9.97 Å². The molecule has 0 bridgehead atoms. The molecule has 1 atom stereocenters. The van der Waals surface area contributed by atoms with E-state index >= 15 is 0 Å². The van der Waals surface area contributed by atoms with Crippen LogP contribution in [0.5, 0.6) is 5.75 Å². The maximum atomic E-state index is 12.7. The number of hydrogen-bond donors (Lipinski definition) is 1. The number of nitrogens with one attached hydrogen (secondary N) is 1. The minimum absolute atomic E-state index is 0.0401. The second-order valence-electron chi connectivity index (χ2n) is 7.94. The second kappa shape index (κ2) is 8.22. The molecule has 0 radical (unpaired) electrons. The van der Waals surface area contributed by atoms with E-state index in [1.165, 1.54) is 11.1 Å². The molecule has 5 rings (SSSR count). The lowest BCUT2D eigenvalue weighted by molar-refractivity contribution is -0.116. The van der Waals surface area contributed by atoms with Crippen LogP contribution in [0.25, 0.3) is 17.0 Å². The highest BCUT2D eigenvalue weighted by molar-refractivity contribution is 5.91. The zero-order valence-electron chi connectivity index (χ0n) is 17.4. The number of anilines is 1. The molecule has 31 heavy (non-hydrogen) atoms. The van der Waals surface area contributed by atoms with Crippen molar-refractivity contribution in [3.63, 3.8) is 0 Å². The molecular weight excluding hydrogens is 388 g/mol. The number of nitrogens with zero attached hydrogens (tertiary/aromatic N) is 3. The topological polar surface area (TPSA) is 68.5 Å². The van der Waals surface area contributed by atoms with Crippen molar-refractivity contribution in [3.05, 3.63) is 78.2 Å². The third-order valence-electron chi connectivity index (χ3n) is 5.92. The predicted octanol–water partition coefficient (Wildman–Crippen LogP) is 4.85. The van der Waals surface area contributed by atoms with Crippen molar-refractivity contribution in [1.29, 1.82) is 0 Å². The van der Waals surface area contributed by atoms with Crippen molar-refractivity contribution in [3.8, 4) is 17.0 Å². The summed E-state index contributed by atoms with van der Waals surface area (Å²) in [5.74, 6) is 1.84. The first-order valence-electron chi connectivity index (χ1n) is 10.6. The normalized spacial score (nSPS) is 15.5. The van der Waals surface area contributed by atoms with Gasteiger partial charge in [-0.15, -0.1) is 0 Å². The monoisotopic (exact) mass is 412 g/mol. The van der Waals surface area contributed by atoms with Gasteiger partial charge in [0, 0.05) is 36.3 Å². The Hall–Kier alpha value is -3.67. The molecule has 2 heterocycles. The van der Waals surface area contributed by atoms with Crippen LogP contribution in [0, 0.1) is 0 Å². The minimum atomic E-state index is 0.0401. The average Bonchev–Trinajstić information content (AvgIpc) is 3.23. The molecule has 4 aromatic rings. The molecule has 1 aliphatic carbocycles. The summed E-state index contributed by atoms with van der Waals surface area (Å²) in [5, 5.41) is 3.05. The molecule has 6 nitrogen and oxygen atoms in total. The quantitative estimate of drug-likeness (QED) is 0.509. The fraction of sp³-hybridized carbons (Fsp3) is 0.240. The lowest BCUT2D eigenvalue weighted by atomic mass is 9.81. The Bertz CT molecular complexity index is 1200. The number of hydrogen-bond acceptors (Lipinski definition) is 4. The van der Waals surface area contributed by atoms with E-state index in [2.05, 4.69) is 27.4 Å². The fourth-order valence-corrected chi connectivity index (χ4v) is 4.36. The van der Waals surface area contributed by atoms with Gasteiger partial charge in [-0.05, 0) is 66.6 Å². The van der Waals surface area contributed by atoms with Crippen LogP contribution < -0.4 is 10.1 Å². The van der Waals surface area contributed by atoms with Gasteiger partial charge in [0.25, 0.3) is 0 Å². The average molecular weight is 412 g/mol. The summed E-state index contributed by atoms with van der Waals surface area (Å²) in [6, 6.07) is 15.9. The van der Waals surface area contributed by atoms with Crippen molar-refractivity contribution < 1.29 is 9.53 Å². The zero-order chi connectivity index (χ0) is 21.2. The molecule has 0 aliphatic heterocycles. The van der Waals surface area contributed by atoms with Gasteiger partial charge in [0.05, 0.1) is 12.8 Å². The number of benzene rings is 2. The van der Waals surface area contributed by atoms with Crippen LogP contribution in [-0.4, -0.2) is 27.4 Å². The molecule has 1 aliphatic rings. The lowest BCUT2D eigenvalue weighted by Crippen LogP contribution is -2.18. The predicted molar refractivity (Wildman–Crippen MR) is 120 cm³/mol. The summed E-state index contributed by atoms with van der Waals surface area (Å²) in [6.07, 6.45) is 9.27. The maximum Gasteiger partial charge on any atom is 0.234 e. The first-order valence-corrected chi connectivity index (χ1v) is 10.6. The largest absolute Gasteiger partial charge is 0.497 e. The number of fused-ring (bicyclic) bond motifs is 2. The Morgan fingerprint density at radius 3 is 2.90 bits per heavy atom. The minimum Gasteiger partial charge on any atom is -0.497 e. The summed E-state index contributed by atoms with van der Waals surface area (Å²) < 4.78 is 7.24. The van der Waals surface area contributed by atoms with E-state index in [0.717, 1.165) is 42.0 Å². The van der Waals surface area contributed by atoms with E-state index in [9.17, 15) is 4.79 Å². The van der Waals surface area contributed by atoms with Crippen molar-refractivity contribution in [2.24, 2.45) is 0 Å². The smallest absolute Gasteiger partial charge is 0.234 e. The summed E-state index contributed by atoms with van der Waals surface area (Å²) in [5.41, 5.74) is 5.21. The first-order chi connectivity index (χ1) is 15.2. The van der Waals surface area contributed by atoms with Crippen molar-refractivity contribution in [2.45, 2.75) is 31.6 Å². The van der Waals surface area contributed by atoms with Crippen molar-refractivity contribution >= 4 is 17.4 Å². The van der Waals surface area contributed by atoms with E-state index in [-0.39, 0.29) is 11.8 Å². The van der Waals surface area contributed by atoms with Crippen LogP contribution >= 0.6 is 0 Å². The summed E-state index contributed by atoms with van der Waals surface area (Å²) in [6.45, 7) is 0.